The number of ether oxygens (including phenoxy) is 1. The maximum absolute atomic E-state index is 10.8. The number of carbonyl (C=O) groups is 1. The number of hydrogen-bond acceptors (Lipinski definition) is 2. The van der Waals surface area contributed by atoms with Crippen molar-refractivity contribution in [2.24, 2.45) is 0 Å². The first-order valence-electron chi connectivity index (χ1n) is 4.45. The molecule has 0 aliphatic heterocycles. The topological polar surface area (TPSA) is 26.3 Å². The summed E-state index contributed by atoms with van der Waals surface area (Å²) in [5, 5.41) is 0. The second kappa shape index (κ2) is 5.57. The van der Waals surface area contributed by atoms with Crippen LogP contribution in [0, 0.1) is 18.8 Å². The van der Waals surface area contributed by atoms with E-state index < -0.39 is 0 Å². The highest BCUT2D eigenvalue weighted by Gasteiger charge is 1.97. The SMILES string of the molecule is COC(=O)CC#Cc1ccc(C)cc1Br. The number of halogens is 1. The number of benzene rings is 1. The molecule has 1 rings (SSSR count). The van der Waals surface area contributed by atoms with Crippen molar-refractivity contribution in [2.75, 3.05) is 7.11 Å². The molecule has 0 aliphatic rings. The minimum absolute atomic E-state index is 0.122. The highest BCUT2D eigenvalue weighted by Crippen LogP contribution is 2.17. The van der Waals surface area contributed by atoms with E-state index in [1.165, 1.54) is 12.7 Å². The Balaban J connectivity index is 2.76. The van der Waals surface area contributed by atoms with Crippen LogP contribution in [0.2, 0.25) is 0 Å². The van der Waals surface area contributed by atoms with Crippen LogP contribution in [0.5, 0.6) is 0 Å². The molecule has 0 radical (unpaired) electrons. The van der Waals surface area contributed by atoms with E-state index in [0.29, 0.717) is 0 Å². The third-order valence-electron chi connectivity index (χ3n) is 1.81. The monoisotopic (exact) mass is 266 g/mol. The van der Waals surface area contributed by atoms with Crippen LogP contribution in [0.25, 0.3) is 0 Å². The molecule has 0 atom stereocenters. The molecule has 1 aromatic carbocycles. The van der Waals surface area contributed by atoms with Gasteiger partial charge < -0.3 is 4.74 Å². The highest BCUT2D eigenvalue weighted by atomic mass is 79.9. The first-order chi connectivity index (χ1) is 7.13. The fourth-order valence-electron chi connectivity index (χ4n) is 1.01. The normalized spacial score (nSPS) is 9.00. The molecule has 0 aromatic heterocycles. The molecule has 78 valence electrons. The lowest BCUT2D eigenvalue weighted by molar-refractivity contribution is -0.139. The van der Waals surface area contributed by atoms with Crippen LogP contribution in [0.15, 0.2) is 22.7 Å². The molecule has 0 fully saturated rings. The lowest BCUT2D eigenvalue weighted by Crippen LogP contribution is -1.97. The first kappa shape index (κ1) is 11.8. The van der Waals surface area contributed by atoms with Gasteiger partial charge in [0.25, 0.3) is 0 Å². The third-order valence-corrected chi connectivity index (χ3v) is 2.46. The molecule has 0 saturated heterocycles. The van der Waals surface area contributed by atoms with Crippen LogP contribution >= 0.6 is 15.9 Å². The van der Waals surface area contributed by atoms with Crippen molar-refractivity contribution < 1.29 is 9.53 Å². The Labute approximate surface area is 97.8 Å². The number of hydrogen-bond donors (Lipinski definition) is 0. The van der Waals surface area contributed by atoms with Gasteiger partial charge >= 0.3 is 5.97 Å². The standard InChI is InChI=1S/C12H11BrO2/c1-9-6-7-10(11(13)8-9)4-3-5-12(14)15-2/h6-8H,5H2,1-2H3. The number of rotatable bonds is 1. The maximum Gasteiger partial charge on any atom is 0.317 e. The van der Waals surface area contributed by atoms with Crippen LogP contribution in [-0.4, -0.2) is 13.1 Å². The van der Waals surface area contributed by atoms with Crippen molar-refractivity contribution in [1.82, 2.24) is 0 Å². The molecule has 15 heavy (non-hydrogen) atoms. The van der Waals surface area contributed by atoms with Gasteiger partial charge in [0.2, 0.25) is 0 Å². The van der Waals surface area contributed by atoms with Gasteiger partial charge in [-0.25, -0.2) is 0 Å². The molecule has 0 aliphatic carbocycles. The largest absolute Gasteiger partial charge is 0.468 e. The molecule has 2 nitrogen and oxygen atoms in total. The summed E-state index contributed by atoms with van der Waals surface area (Å²) in [6, 6.07) is 5.89. The second-order valence-electron chi connectivity index (χ2n) is 3.04. The minimum Gasteiger partial charge on any atom is -0.468 e. The molecule has 0 N–H and O–H groups in total. The Morgan fingerprint density at radius 1 is 1.53 bits per heavy atom. The van der Waals surface area contributed by atoms with Gasteiger partial charge in [-0.15, -0.1) is 0 Å². The van der Waals surface area contributed by atoms with Gasteiger partial charge in [-0.2, -0.15) is 0 Å². The first-order valence-corrected chi connectivity index (χ1v) is 5.24. The van der Waals surface area contributed by atoms with Gasteiger partial charge in [0, 0.05) is 10.0 Å². The molecule has 3 heteroatoms. The molecule has 0 bridgehead atoms. The van der Waals surface area contributed by atoms with Crippen molar-refractivity contribution in [3.63, 3.8) is 0 Å². The zero-order valence-corrected chi connectivity index (χ0v) is 10.2. The van der Waals surface area contributed by atoms with Crippen LogP contribution in [-0.2, 0) is 9.53 Å². The van der Waals surface area contributed by atoms with Crippen molar-refractivity contribution in [1.29, 1.82) is 0 Å². The van der Waals surface area contributed by atoms with Crippen LogP contribution in [0.3, 0.4) is 0 Å². The summed E-state index contributed by atoms with van der Waals surface area (Å²) in [5.41, 5.74) is 2.05. The van der Waals surface area contributed by atoms with E-state index in [2.05, 4.69) is 32.5 Å². The Morgan fingerprint density at radius 3 is 2.87 bits per heavy atom. The summed E-state index contributed by atoms with van der Waals surface area (Å²) >= 11 is 3.41. The number of esters is 1. The van der Waals surface area contributed by atoms with Crippen molar-refractivity contribution in [3.8, 4) is 11.8 Å². The van der Waals surface area contributed by atoms with Crippen molar-refractivity contribution >= 4 is 21.9 Å². The summed E-state index contributed by atoms with van der Waals surface area (Å²) in [6.07, 6.45) is 0.122. The lowest BCUT2D eigenvalue weighted by atomic mass is 10.1. The van der Waals surface area contributed by atoms with E-state index in [1.807, 2.05) is 25.1 Å². The summed E-state index contributed by atoms with van der Waals surface area (Å²) in [5.74, 6) is 5.35. The zero-order chi connectivity index (χ0) is 11.3. The number of carbonyl (C=O) groups excluding carboxylic acids is 1. The van der Waals surface area contributed by atoms with Gasteiger partial charge in [-0.3, -0.25) is 4.79 Å². The van der Waals surface area contributed by atoms with E-state index >= 15 is 0 Å². The smallest absolute Gasteiger partial charge is 0.317 e. The van der Waals surface area contributed by atoms with E-state index in [9.17, 15) is 4.79 Å². The summed E-state index contributed by atoms with van der Waals surface area (Å²) in [7, 11) is 1.35. The van der Waals surface area contributed by atoms with Gasteiger partial charge in [-0.1, -0.05) is 17.9 Å². The number of methoxy groups -OCH3 is 1. The van der Waals surface area contributed by atoms with Crippen LogP contribution < -0.4 is 0 Å². The molecule has 0 unspecified atom stereocenters. The van der Waals surface area contributed by atoms with Crippen LogP contribution in [0.1, 0.15) is 17.5 Å². The highest BCUT2D eigenvalue weighted by molar-refractivity contribution is 9.10. The predicted octanol–water partition coefficient (Wildman–Crippen LogP) is 2.67. The molecule has 0 spiro atoms. The van der Waals surface area contributed by atoms with Crippen molar-refractivity contribution in [3.05, 3.63) is 33.8 Å². The molecular formula is C12H11BrO2. The van der Waals surface area contributed by atoms with Gasteiger partial charge in [-0.05, 0) is 40.5 Å². The summed E-state index contributed by atoms with van der Waals surface area (Å²) in [4.78, 5) is 10.8. The third kappa shape index (κ3) is 3.77. The molecular weight excluding hydrogens is 256 g/mol. The number of aryl methyl sites for hydroxylation is 1. The fraction of sp³-hybridized carbons (Fsp3) is 0.250. The Hall–Kier alpha value is -1.27. The summed E-state index contributed by atoms with van der Waals surface area (Å²) < 4.78 is 5.43. The Bertz CT molecular complexity index is 427. The van der Waals surface area contributed by atoms with Gasteiger partial charge in [0.15, 0.2) is 0 Å². The molecule has 0 saturated carbocycles. The average molecular weight is 267 g/mol. The molecule has 0 heterocycles. The lowest BCUT2D eigenvalue weighted by Gasteiger charge is -1.97. The Kier molecular flexibility index (Phi) is 4.38. The predicted molar refractivity (Wildman–Crippen MR) is 62.4 cm³/mol. The van der Waals surface area contributed by atoms with E-state index in [-0.39, 0.29) is 12.4 Å². The van der Waals surface area contributed by atoms with Gasteiger partial charge in [0.1, 0.15) is 6.42 Å². The Morgan fingerprint density at radius 2 is 2.27 bits per heavy atom. The summed E-state index contributed by atoms with van der Waals surface area (Å²) in [6.45, 7) is 2.01. The van der Waals surface area contributed by atoms with E-state index in [0.717, 1.165) is 10.0 Å². The van der Waals surface area contributed by atoms with E-state index in [4.69, 9.17) is 0 Å². The molecule has 1 aromatic rings. The average Bonchev–Trinajstić information content (AvgIpc) is 2.21. The van der Waals surface area contributed by atoms with E-state index in [1.54, 1.807) is 0 Å². The van der Waals surface area contributed by atoms with Gasteiger partial charge in [0.05, 0.1) is 7.11 Å². The second-order valence-corrected chi connectivity index (χ2v) is 3.89. The van der Waals surface area contributed by atoms with Crippen molar-refractivity contribution in [2.45, 2.75) is 13.3 Å². The quantitative estimate of drug-likeness (QED) is 0.577. The maximum atomic E-state index is 10.8. The fourth-order valence-corrected chi connectivity index (χ4v) is 1.60. The van der Waals surface area contributed by atoms with Crippen LogP contribution in [0.4, 0.5) is 0 Å². The zero-order valence-electron chi connectivity index (χ0n) is 8.63. The molecule has 0 amide bonds. The minimum atomic E-state index is -0.314.